The van der Waals surface area contributed by atoms with E-state index >= 15 is 4.79 Å². The van der Waals surface area contributed by atoms with Crippen LogP contribution in [0.2, 0.25) is 0 Å². The van der Waals surface area contributed by atoms with Crippen LogP contribution in [0.5, 0.6) is 0 Å². The number of rotatable bonds is 9. The van der Waals surface area contributed by atoms with Gasteiger partial charge in [-0.05, 0) is 109 Å². The molecule has 21 atom stereocenters. The molecule has 21 unspecified atom stereocenters. The molecule has 0 aromatic heterocycles. The molecule has 7 fully saturated rings. The summed E-state index contributed by atoms with van der Waals surface area (Å²) >= 11 is 0. The zero-order chi connectivity index (χ0) is 46.7. The molecular weight excluding hydrogens is 836 g/mol. The Hall–Kier alpha value is -1.39. The van der Waals surface area contributed by atoms with Gasteiger partial charge in [0.15, 0.2) is 18.7 Å². The lowest BCUT2D eigenvalue weighted by Crippen LogP contribution is -2.66. The smallest absolute Gasteiger partial charge is 0.315 e. The lowest BCUT2D eigenvalue weighted by molar-refractivity contribution is -0.331. The summed E-state index contributed by atoms with van der Waals surface area (Å²) in [5, 5.41) is 105. The van der Waals surface area contributed by atoms with Crippen LogP contribution in [-0.4, -0.2) is 169 Å². The second-order valence-electron chi connectivity index (χ2n) is 23.2. The molecule has 366 valence electrons. The molecule has 17 heteroatoms. The Morgan fingerprint density at radius 1 is 0.719 bits per heavy atom. The number of hydrogen-bond acceptors (Lipinski definition) is 17. The average molecular weight is 913 g/mol. The Kier molecular flexibility index (Phi) is 13.0. The van der Waals surface area contributed by atoms with Crippen molar-refractivity contribution in [2.24, 2.45) is 50.2 Å². The molecule has 3 saturated heterocycles. The minimum Gasteiger partial charge on any atom is -0.432 e. The number of ether oxygens (including phenoxy) is 6. The first kappa shape index (κ1) is 49.0. The summed E-state index contributed by atoms with van der Waals surface area (Å²) < 4.78 is 35.9. The molecule has 0 spiro atoms. The molecule has 10 N–H and O–H groups in total. The largest absolute Gasteiger partial charge is 0.432 e. The number of carbonyl (C=O) groups is 1. The average Bonchev–Trinajstić information content (AvgIpc) is 3.53. The molecule has 3 aliphatic heterocycles. The molecule has 4 saturated carbocycles. The first-order valence-corrected chi connectivity index (χ1v) is 23.7. The van der Waals surface area contributed by atoms with E-state index in [9.17, 15) is 51.1 Å². The summed E-state index contributed by atoms with van der Waals surface area (Å²) in [7, 11) is 0. The van der Waals surface area contributed by atoms with Gasteiger partial charge in [-0.2, -0.15) is 0 Å². The zero-order valence-corrected chi connectivity index (χ0v) is 38.5. The Labute approximate surface area is 376 Å². The summed E-state index contributed by atoms with van der Waals surface area (Å²) in [6.45, 7) is 13.6. The molecule has 64 heavy (non-hydrogen) atoms. The van der Waals surface area contributed by atoms with E-state index in [4.69, 9.17) is 28.4 Å². The van der Waals surface area contributed by atoms with E-state index in [1.54, 1.807) is 0 Å². The van der Waals surface area contributed by atoms with Crippen molar-refractivity contribution in [2.45, 2.75) is 198 Å². The number of carbonyl (C=O) groups excluding carboxylic acids is 1. The topological polar surface area (TPSA) is 275 Å². The maximum Gasteiger partial charge on any atom is 0.315 e. The van der Waals surface area contributed by atoms with Crippen LogP contribution in [0.15, 0.2) is 11.6 Å². The van der Waals surface area contributed by atoms with Crippen molar-refractivity contribution in [1.82, 2.24) is 0 Å². The van der Waals surface area contributed by atoms with Crippen LogP contribution in [0.1, 0.15) is 113 Å². The second-order valence-corrected chi connectivity index (χ2v) is 23.2. The van der Waals surface area contributed by atoms with Crippen molar-refractivity contribution in [2.75, 3.05) is 26.4 Å². The van der Waals surface area contributed by atoms with Crippen LogP contribution in [0, 0.1) is 50.2 Å². The van der Waals surface area contributed by atoms with Crippen LogP contribution < -0.4 is 0 Å². The third-order valence-corrected chi connectivity index (χ3v) is 19.0. The van der Waals surface area contributed by atoms with Crippen LogP contribution in [-0.2, 0) is 33.2 Å². The van der Waals surface area contributed by atoms with Crippen molar-refractivity contribution in [3.05, 3.63) is 11.6 Å². The molecule has 0 radical (unpaired) electrons. The van der Waals surface area contributed by atoms with E-state index < -0.39 is 117 Å². The minimum absolute atomic E-state index is 0.0903. The highest BCUT2D eigenvalue weighted by Crippen LogP contribution is 2.76. The number of esters is 1. The van der Waals surface area contributed by atoms with Gasteiger partial charge in [-0.15, -0.1) is 0 Å². The number of hydrogen-bond donors (Lipinski definition) is 10. The quantitative estimate of drug-likeness (QED) is 0.0870. The molecule has 0 aromatic carbocycles. The van der Waals surface area contributed by atoms with Gasteiger partial charge in [0, 0.05) is 0 Å². The molecular formula is C47H76O17. The summed E-state index contributed by atoms with van der Waals surface area (Å²) in [4.78, 5) is 15.1. The predicted octanol–water partition coefficient (Wildman–Crippen LogP) is 0.781. The first-order chi connectivity index (χ1) is 29.9. The van der Waals surface area contributed by atoms with Crippen LogP contribution >= 0.6 is 0 Å². The molecule has 8 aliphatic rings. The van der Waals surface area contributed by atoms with Crippen molar-refractivity contribution in [3.63, 3.8) is 0 Å². The van der Waals surface area contributed by atoms with Gasteiger partial charge in [-0.1, -0.05) is 60.1 Å². The highest BCUT2D eigenvalue weighted by atomic mass is 16.8. The number of allylic oxidation sites excluding steroid dienone is 2. The molecule has 0 amide bonds. The van der Waals surface area contributed by atoms with Gasteiger partial charge in [0.25, 0.3) is 0 Å². The van der Waals surface area contributed by atoms with E-state index in [-0.39, 0.29) is 45.0 Å². The van der Waals surface area contributed by atoms with Crippen molar-refractivity contribution in [3.8, 4) is 0 Å². The second kappa shape index (κ2) is 16.9. The van der Waals surface area contributed by atoms with Crippen molar-refractivity contribution < 1.29 is 84.3 Å². The fraction of sp³-hybridized carbons (Fsp3) is 0.936. The number of fused-ring (bicyclic) bond motifs is 7. The van der Waals surface area contributed by atoms with Crippen molar-refractivity contribution >= 4 is 5.97 Å². The maximum absolute atomic E-state index is 15.1. The summed E-state index contributed by atoms with van der Waals surface area (Å²) in [5.74, 6) is -0.180. The van der Waals surface area contributed by atoms with Crippen LogP contribution in [0.4, 0.5) is 0 Å². The molecule has 5 aliphatic carbocycles. The Balaban J connectivity index is 1.06. The van der Waals surface area contributed by atoms with E-state index in [0.29, 0.717) is 25.2 Å². The Morgan fingerprint density at radius 3 is 2.00 bits per heavy atom. The summed E-state index contributed by atoms with van der Waals surface area (Å²) in [6.07, 6.45) is -8.32. The van der Waals surface area contributed by atoms with Gasteiger partial charge in [0.05, 0.1) is 37.9 Å². The predicted molar refractivity (Wildman–Crippen MR) is 224 cm³/mol. The SMILES string of the molecule is CC1(C)CCC2(C(=O)OC3OC(CO)C(O)C(O)C3OC3OCC(O)(CO)C3O)CCC3(C)C(=CCC4C5(C)CCC(OC6OC(CO)C(O)C(O)C6O)C(C)(C)C5CCC43C)C2C1. The summed E-state index contributed by atoms with van der Waals surface area (Å²) in [5.41, 5.74) is -2.68. The van der Waals surface area contributed by atoms with Gasteiger partial charge in [0.2, 0.25) is 6.29 Å². The molecule has 0 bridgehead atoms. The van der Waals surface area contributed by atoms with Gasteiger partial charge in [-0.25, -0.2) is 0 Å². The zero-order valence-electron chi connectivity index (χ0n) is 38.5. The van der Waals surface area contributed by atoms with Gasteiger partial charge in [0.1, 0.15) is 54.4 Å². The highest BCUT2D eigenvalue weighted by molar-refractivity contribution is 5.79. The highest BCUT2D eigenvalue weighted by Gasteiger charge is 2.70. The van der Waals surface area contributed by atoms with Crippen LogP contribution in [0.3, 0.4) is 0 Å². The van der Waals surface area contributed by atoms with Crippen molar-refractivity contribution in [1.29, 1.82) is 0 Å². The third-order valence-electron chi connectivity index (χ3n) is 19.0. The van der Waals surface area contributed by atoms with Gasteiger partial charge in [-0.3, -0.25) is 4.79 Å². The Morgan fingerprint density at radius 2 is 1.36 bits per heavy atom. The van der Waals surface area contributed by atoms with E-state index in [2.05, 4.69) is 54.5 Å². The van der Waals surface area contributed by atoms with E-state index in [1.807, 2.05) is 0 Å². The molecule has 0 aromatic rings. The lowest BCUT2D eigenvalue weighted by atomic mass is 9.33. The summed E-state index contributed by atoms with van der Waals surface area (Å²) in [6, 6.07) is 0. The van der Waals surface area contributed by atoms with Crippen LogP contribution in [0.25, 0.3) is 0 Å². The van der Waals surface area contributed by atoms with E-state index in [0.717, 1.165) is 44.9 Å². The normalized spacial score (nSPS) is 53.2. The van der Waals surface area contributed by atoms with Gasteiger partial charge >= 0.3 is 5.97 Å². The fourth-order valence-corrected chi connectivity index (χ4v) is 14.8. The first-order valence-electron chi connectivity index (χ1n) is 23.7. The number of aliphatic hydroxyl groups is 10. The molecule has 3 heterocycles. The molecule has 8 rings (SSSR count). The third kappa shape index (κ3) is 7.40. The lowest BCUT2D eigenvalue weighted by Gasteiger charge is -2.71. The molecule has 17 nitrogen and oxygen atoms in total. The van der Waals surface area contributed by atoms with Gasteiger partial charge < -0.3 is 79.5 Å². The van der Waals surface area contributed by atoms with E-state index in [1.165, 1.54) is 5.57 Å². The minimum atomic E-state index is -2.04. The fourth-order valence-electron chi connectivity index (χ4n) is 14.8. The monoisotopic (exact) mass is 913 g/mol. The number of aliphatic hydroxyl groups excluding tert-OH is 9. The maximum atomic E-state index is 15.1. The standard InChI is InChI=1S/C47H76O17/c1-41(2)14-16-46(40(57)64-38-35(33(54)31(52)26(20-49)61-38)63-39-36(56)47(58,21-50)22-59-39)17-15-44(6)23(24(46)18-41)8-9-28-43(5)12-11-29(42(3,4)27(43)10-13-45(28,44)7)62-37-34(55)32(53)30(51)25(19-48)60-37/h8,24-39,48-56,58H,9-22H2,1-7H3. The Bertz CT molecular complexity index is 1760.